The second kappa shape index (κ2) is 6.64. The molecule has 6 nitrogen and oxygen atoms in total. The van der Waals surface area contributed by atoms with E-state index in [1.807, 2.05) is 27.7 Å². The highest BCUT2D eigenvalue weighted by Crippen LogP contribution is 2.22. The van der Waals surface area contributed by atoms with Gasteiger partial charge in [0.2, 0.25) is 5.91 Å². The normalized spacial score (nSPS) is 18.9. The smallest absolute Gasteiger partial charge is 0.410 e. The molecule has 0 saturated carbocycles. The van der Waals surface area contributed by atoms with Crippen molar-refractivity contribution in [2.75, 3.05) is 18.4 Å². The third-order valence-corrected chi connectivity index (χ3v) is 4.12. The summed E-state index contributed by atoms with van der Waals surface area (Å²) in [5, 5.41) is 3.44. The summed E-state index contributed by atoms with van der Waals surface area (Å²) in [6, 6.07) is 0. The molecular weight excluding hydrogens is 302 g/mol. The van der Waals surface area contributed by atoms with E-state index in [2.05, 4.69) is 10.3 Å². The van der Waals surface area contributed by atoms with Gasteiger partial charge in [-0.05, 0) is 40.5 Å². The third-order valence-electron chi connectivity index (χ3n) is 3.30. The average molecular weight is 325 g/mol. The van der Waals surface area contributed by atoms with E-state index in [9.17, 15) is 9.59 Å². The minimum absolute atomic E-state index is 0.0809. The Hall–Kier alpha value is -1.63. The standard InChI is InChI=1S/C15H23N3O3S/c1-10-8-16-13(22-10)17-12(19)11-6-5-7-18(9-11)14(20)21-15(2,3)4/h8,11H,5-7,9H2,1-4H3,(H,16,17,19). The Morgan fingerprint density at radius 2 is 2.18 bits per heavy atom. The fourth-order valence-corrected chi connectivity index (χ4v) is 2.97. The molecule has 1 fully saturated rings. The molecule has 2 rings (SSSR count). The first-order chi connectivity index (χ1) is 10.2. The first kappa shape index (κ1) is 16.7. The molecule has 1 aliphatic heterocycles. The SMILES string of the molecule is Cc1cnc(NC(=O)C2CCCN(C(=O)OC(C)(C)C)C2)s1. The lowest BCUT2D eigenvalue weighted by atomic mass is 9.97. The van der Waals surface area contributed by atoms with Gasteiger partial charge in [-0.2, -0.15) is 0 Å². The predicted molar refractivity (Wildman–Crippen MR) is 86.0 cm³/mol. The number of amides is 2. The van der Waals surface area contributed by atoms with E-state index in [0.29, 0.717) is 18.2 Å². The van der Waals surface area contributed by atoms with Crippen LogP contribution in [0.15, 0.2) is 6.20 Å². The van der Waals surface area contributed by atoms with Crippen LogP contribution in [0.2, 0.25) is 0 Å². The van der Waals surface area contributed by atoms with Crippen molar-refractivity contribution in [3.8, 4) is 0 Å². The van der Waals surface area contributed by atoms with Gasteiger partial charge in [-0.3, -0.25) is 4.79 Å². The molecule has 7 heteroatoms. The summed E-state index contributed by atoms with van der Waals surface area (Å²) in [4.78, 5) is 31.2. The first-order valence-corrected chi connectivity index (χ1v) is 8.27. The van der Waals surface area contributed by atoms with E-state index >= 15 is 0 Å². The van der Waals surface area contributed by atoms with Crippen molar-refractivity contribution in [1.82, 2.24) is 9.88 Å². The van der Waals surface area contributed by atoms with Gasteiger partial charge in [0.05, 0.1) is 5.92 Å². The average Bonchev–Trinajstić information content (AvgIpc) is 2.82. The van der Waals surface area contributed by atoms with Crippen molar-refractivity contribution < 1.29 is 14.3 Å². The van der Waals surface area contributed by atoms with Crippen LogP contribution in [-0.4, -0.2) is 40.6 Å². The molecule has 1 aromatic heterocycles. The van der Waals surface area contributed by atoms with Gasteiger partial charge in [0, 0.05) is 24.2 Å². The summed E-state index contributed by atoms with van der Waals surface area (Å²) in [7, 11) is 0. The van der Waals surface area contributed by atoms with E-state index in [4.69, 9.17) is 4.74 Å². The summed E-state index contributed by atoms with van der Waals surface area (Å²) in [6.45, 7) is 8.48. The number of thiazole rings is 1. The van der Waals surface area contributed by atoms with Crippen molar-refractivity contribution in [2.24, 2.45) is 5.92 Å². The highest BCUT2D eigenvalue weighted by Gasteiger charge is 2.31. The van der Waals surface area contributed by atoms with Crippen LogP contribution in [0.3, 0.4) is 0 Å². The fourth-order valence-electron chi connectivity index (χ4n) is 2.30. The van der Waals surface area contributed by atoms with Gasteiger partial charge in [-0.25, -0.2) is 9.78 Å². The second-order valence-electron chi connectivity index (χ2n) is 6.53. The number of carbonyl (C=O) groups is 2. The van der Waals surface area contributed by atoms with Crippen molar-refractivity contribution in [3.05, 3.63) is 11.1 Å². The number of piperidine rings is 1. The zero-order chi connectivity index (χ0) is 16.3. The summed E-state index contributed by atoms with van der Waals surface area (Å²) in [6.07, 6.45) is 2.95. The molecule has 1 N–H and O–H groups in total. The van der Waals surface area contributed by atoms with Gasteiger partial charge in [-0.1, -0.05) is 0 Å². The summed E-state index contributed by atoms with van der Waals surface area (Å²) < 4.78 is 5.37. The quantitative estimate of drug-likeness (QED) is 0.907. The highest BCUT2D eigenvalue weighted by molar-refractivity contribution is 7.15. The van der Waals surface area contributed by atoms with Gasteiger partial charge in [0.25, 0.3) is 0 Å². The summed E-state index contributed by atoms with van der Waals surface area (Å²) in [5.41, 5.74) is -0.523. The lowest BCUT2D eigenvalue weighted by Gasteiger charge is -2.33. The van der Waals surface area contributed by atoms with Crippen molar-refractivity contribution >= 4 is 28.5 Å². The number of likely N-dealkylation sites (tertiary alicyclic amines) is 1. The number of hydrogen-bond acceptors (Lipinski definition) is 5. The Kier molecular flexibility index (Phi) is 5.05. The minimum atomic E-state index is -0.523. The molecule has 2 heterocycles. The van der Waals surface area contributed by atoms with E-state index in [-0.39, 0.29) is 17.9 Å². The van der Waals surface area contributed by atoms with Gasteiger partial charge in [0.15, 0.2) is 5.13 Å². The molecule has 0 radical (unpaired) electrons. The number of aryl methyl sites for hydroxylation is 1. The van der Waals surface area contributed by atoms with Gasteiger partial charge in [-0.15, -0.1) is 11.3 Å². The molecule has 1 unspecified atom stereocenters. The number of nitrogens with zero attached hydrogens (tertiary/aromatic N) is 2. The molecule has 22 heavy (non-hydrogen) atoms. The molecule has 1 aromatic rings. The number of ether oxygens (including phenoxy) is 1. The molecule has 0 spiro atoms. The zero-order valence-electron chi connectivity index (χ0n) is 13.5. The molecular formula is C15H23N3O3S. The van der Waals surface area contributed by atoms with Crippen LogP contribution < -0.4 is 5.32 Å². The molecule has 2 amide bonds. The first-order valence-electron chi connectivity index (χ1n) is 7.46. The number of rotatable bonds is 2. The second-order valence-corrected chi connectivity index (χ2v) is 7.77. The van der Waals surface area contributed by atoms with E-state index in [1.165, 1.54) is 11.3 Å². The maximum absolute atomic E-state index is 12.3. The largest absolute Gasteiger partial charge is 0.444 e. The predicted octanol–water partition coefficient (Wildman–Crippen LogP) is 3.04. The maximum atomic E-state index is 12.3. The van der Waals surface area contributed by atoms with Crippen LogP contribution >= 0.6 is 11.3 Å². The number of anilines is 1. The Morgan fingerprint density at radius 3 is 2.77 bits per heavy atom. The topological polar surface area (TPSA) is 71.5 Å². The molecule has 1 aliphatic rings. The van der Waals surface area contributed by atoms with Crippen LogP contribution in [0.4, 0.5) is 9.93 Å². The zero-order valence-corrected chi connectivity index (χ0v) is 14.3. The monoisotopic (exact) mass is 325 g/mol. The van der Waals surface area contributed by atoms with E-state index in [0.717, 1.165) is 17.7 Å². The number of nitrogens with one attached hydrogen (secondary N) is 1. The van der Waals surface area contributed by atoms with Crippen LogP contribution in [-0.2, 0) is 9.53 Å². The number of carbonyl (C=O) groups excluding carboxylic acids is 2. The van der Waals surface area contributed by atoms with Gasteiger partial charge >= 0.3 is 6.09 Å². The maximum Gasteiger partial charge on any atom is 0.410 e. The van der Waals surface area contributed by atoms with Gasteiger partial charge in [0.1, 0.15) is 5.60 Å². The Bertz CT molecular complexity index is 550. The minimum Gasteiger partial charge on any atom is -0.444 e. The summed E-state index contributed by atoms with van der Waals surface area (Å²) >= 11 is 1.45. The lowest BCUT2D eigenvalue weighted by molar-refractivity contribution is -0.121. The fraction of sp³-hybridized carbons (Fsp3) is 0.667. The molecule has 1 atom stereocenters. The van der Waals surface area contributed by atoms with E-state index < -0.39 is 5.60 Å². The van der Waals surface area contributed by atoms with Crippen molar-refractivity contribution in [2.45, 2.75) is 46.1 Å². The Labute approximate surface area is 134 Å². The van der Waals surface area contributed by atoms with Crippen molar-refractivity contribution in [1.29, 1.82) is 0 Å². The van der Waals surface area contributed by atoms with Crippen LogP contribution in [0.5, 0.6) is 0 Å². The Balaban J connectivity index is 1.92. The molecule has 0 aliphatic carbocycles. The van der Waals surface area contributed by atoms with Crippen LogP contribution in [0.1, 0.15) is 38.5 Å². The van der Waals surface area contributed by atoms with E-state index in [1.54, 1.807) is 11.1 Å². The molecule has 0 bridgehead atoms. The van der Waals surface area contributed by atoms with Crippen LogP contribution in [0, 0.1) is 12.8 Å². The molecule has 1 saturated heterocycles. The molecule has 0 aromatic carbocycles. The van der Waals surface area contributed by atoms with Gasteiger partial charge < -0.3 is 15.0 Å². The van der Waals surface area contributed by atoms with Crippen molar-refractivity contribution in [3.63, 3.8) is 0 Å². The highest BCUT2D eigenvalue weighted by atomic mass is 32.1. The lowest BCUT2D eigenvalue weighted by Crippen LogP contribution is -2.45. The Morgan fingerprint density at radius 1 is 1.45 bits per heavy atom. The number of hydrogen-bond donors (Lipinski definition) is 1. The molecule has 122 valence electrons. The number of aromatic nitrogens is 1. The third kappa shape index (κ3) is 4.69. The summed E-state index contributed by atoms with van der Waals surface area (Å²) in [5.74, 6) is -0.298. The van der Waals surface area contributed by atoms with Crippen LogP contribution in [0.25, 0.3) is 0 Å².